The zero-order valence-corrected chi connectivity index (χ0v) is 18.0. The first-order valence-electron chi connectivity index (χ1n) is 9.82. The first kappa shape index (κ1) is 21.8. The molecule has 2 aromatic heterocycles. The van der Waals surface area contributed by atoms with Gasteiger partial charge in [-0.1, -0.05) is 23.2 Å². The van der Waals surface area contributed by atoms with Crippen molar-refractivity contribution in [3.05, 3.63) is 58.2 Å². The molecule has 1 aliphatic heterocycles. The largest absolute Gasteiger partial charge is 0.489 e. The Morgan fingerprint density at radius 3 is 2.87 bits per heavy atom. The summed E-state index contributed by atoms with van der Waals surface area (Å²) < 4.78 is 34.9. The lowest BCUT2D eigenvalue weighted by molar-refractivity contribution is 0.208. The Balaban J connectivity index is 1.46. The Labute approximate surface area is 188 Å². The van der Waals surface area contributed by atoms with Crippen LogP contribution in [0.2, 0.25) is 10.0 Å². The molecule has 3 heterocycles. The van der Waals surface area contributed by atoms with E-state index in [4.69, 9.17) is 33.7 Å². The minimum Gasteiger partial charge on any atom is -0.489 e. The van der Waals surface area contributed by atoms with Gasteiger partial charge in [0.05, 0.1) is 23.9 Å². The normalized spacial score (nSPS) is 18.8. The quantitative estimate of drug-likeness (QED) is 0.523. The van der Waals surface area contributed by atoms with E-state index in [1.165, 1.54) is 12.1 Å². The van der Waals surface area contributed by atoms with Gasteiger partial charge in [-0.3, -0.25) is 4.68 Å². The summed E-state index contributed by atoms with van der Waals surface area (Å²) in [5, 5.41) is 7.80. The van der Waals surface area contributed by atoms with E-state index in [0.29, 0.717) is 42.3 Å². The highest BCUT2D eigenvalue weighted by atomic mass is 35.5. The molecule has 1 fully saturated rings. The lowest BCUT2D eigenvalue weighted by atomic mass is 10.1. The average Bonchev–Trinajstić information content (AvgIpc) is 3.25. The topological polar surface area (TPSA) is 78.0 Å². The maximum absolute atomic E-state index is 13.7. The van der Waals surface area contributed by atoms with Gasteiger partial charge >= 0.3 is 0 Å². The molecule has 4 rings (SSSR count). The number of pyridine rings is 1. The number of piperidine rings is 1. The lowest BCUT2D eigenvalue weighted by Gasteiger charge is -2.25. The van der Waals surface area contributed by atoms with E-state index in [1.54, 1.807) is 23.1 Å². The standard InChI is InChI=1S/C21H21Cl2F2N5O/c22-17-1-2-18(25)20(23)16(17)3-4-31-19-5-12(7-28-21(19)26)13-8-29-30(11-13)15-6-14(24)9-27-10-15/h1-2,5,7-8,11,14-15,27H,3-4,6,9-10H2,(H2,26,28)/t14-,15?/m1/s1. The molecule has 1 aromatic carbocycles. The number of rotatable bonds is 6. The second-order valence-corrected chi connectivity index (χ2v) is 8.17. The van der Waals surface area contributed by atoms with Crippen molar-refractivity contribution in [2.45, 2.75) is 25.1 Å². The Morgan fingerprint density at radius 1 is 1.23 bits per heavy atom. The van der Waals surface area contributed by atoms with Crippen LogP contribution >= 0.6 is 23.2 Å². The molecular formula is C21H21Cl2F2N5O. The molecule has 3 aromatic rings. The fourth-order valence-electron chi connectivity index (χ4n) is 3.55. The number of ether oxygens (including phenoxy) is 1. The van der Waals surface area contributed by atoms with Gasteiger partial charge in [-0.15, -0.1) is 0 Å². The molecule has 1 unspecified atom stereocenters. The van der Waals surface area contributed by atoms with Crippen LogP contribution in [0.5, 0.6) is 5.75 Å². The second kappa shape index (κ2) is 9.38. The van der Waals surface area contributed by atoms with Crippen molar-refractivity contribution < 1.29 is 13.5 Å². The molecular weight excluding hydrogens is 447 g/mol. The van der Waals surface area contributed by atoms with Gasteiger partial charge in [0, 0.05) is 54.5 Å². The van der Waals surface area contributed by atoms with E-state index < -0.39 is 12.0 Å². The maximum atomic E-state index is 13.7. The van der Waals surface area contributed by atoms with Crippen molar-refractivity contribution in [1.82, 2.24) is 20.1 Å². The van der Waals surface area contributed by atoms with Crippen LogP contribution in [0.1, 0.15) is 18.0 Å². The van der Waals surface area contributed by atoms with Gasteiger partial charge in [0.15, 0.2) is 11.6 Å². The zero-order chi connectivity index (χ0) is 22.0. The van der Waals surface area contributed by atoms with Crippen LogP contribution in [0.3, 0.4) is 0 Å². The number of nitrogens with two attached hydrogens (primary N) is 1. The van der Waals surface area contributed by atoms with E-state index in [9.17, 15) is 8.78 Å². The third-order valence-corrected chi connectivity index (χ3v) is 5.98. The first-order chi connectivity index (χ1) is 14.9. The molecule has 2 atom stereocenters. The number of aromatic nitrogens is 3. The van der Waals surface area contributed by atoms with Crippen LogP contribution in [-0.4, -0.2) is 40.6 Å². The molecule has 0 aliphatic carbocycles. The summed E-state index contributed by atoms with van der Waals surface area (Å²) in [6.07, 6.45) is 5.02. The van der Waals surface area contributed by atoms with Gasteiger partial charge in [0.1, 0.15) is 12.0 Å². The summed E-state index contributed by atoms with van der Waals surface area (Å²) in [7, 11) is 0. The van der Waals surface area contributed by atoms with E-state index in [0.717, 1.165) is 11.1 Å². The van der Waals surface area contributed by atoms with E-state index in [-0.39, 0.29) is 23.5 Å². The van der Waals surface area contributed by atoms with Crippen molar-refractivity contribution in [2.24, 2.45) is 0 Å². The van der Waals surface area contributed by atoms with Crippen LogP contribution in [0, 0.1) is 5.82 Å². The Kier molecular flexibility index (Phi) is 6.60. The van der Waals surface area contributed by atoms with Gasteiger partial charge in [-0.05, 0) is 23.8 Å². The fraction of sp³-hybridized carbons (Fsp3) is 0.333. The molecule has 10 heteroatoms. The van der Waals surface area contributed by atoms with Crippen LogP contribution < -0.4 is 15.8 Å². The molecule has 0 bridgehead atoms. The third kappa shape index (κ3) is 4.92. The summed E-state index contributed by atoms with van der Waals surface area (Å²) in [6, 6.07) is 4.39. The van der Waals surface area contributed by atoms with Crippen molar-refractivity contribution in [3.63, 3.8) is 0 Å². The molecule has 0 saturated carbocycles. The summed E-state index contributed by atoms with van der Waals surface area (Å²) in [5.74, 6) is 0.0786. The molecule has 1 aliphatic rings. The number of nitrogens with zero attached hydrogens (tertiary/aromatic N) is 3. The molecule has 0 spiro atoms. The first-order valence-corrected chi connectivity index (χ1v) is 10.6. The second-order valence-electron chi connectivity index (χ2n) is 7.38. The highest BCUT2D eigenvalue weighted by Crippen LogP contribution is 2.30. The molecule has 3 N–H and O–H groups in total. The lowest BCUT2D eigenvalue weighted by Crippen LogP contribution is -2.38. The predicted molar refractivity (Wildman–Crippen MR) is 117 cm³/mol. The van der Waals surface area contributed by atoms with Crippen molar-refractivity contribution in [3.8, 4) is 16.9 Å². The van der Waals surface area contributed by atoms with Gasteiger partial charge < -0.3 is 15.8 Å². The Hall–Kier alpha value is -2.42. The molecule has 0 amide bonds. The molecule has 0 radical (unpaired) electrons. The van der Waals surface area contributed by atoms with Crippen LogP contribution in [0.4, 0.5) is 14.6 Å². The highest BCUT2D eigenvalue weighted by Gasteiger charge is 2.23. The third-order valence-electron chi connectivity index (χ3n) is 5.21. The zero-order valence-electron chi connectivity index (χ0n) is 16.5. The van der Waals surface area contributed by atoms with Gasteiger partial charge in [-0.2, -0.15) is 5.10 Å². The monoisotopic (exact) mass is 467 g/mol. The van der Waals surface area contributed by atoms with E-state index in [1.807, 2.05) is 6.20 Å². The summed E-state index contributed by atoms with van der Waals surface area (Å²) >= 11 is 12.1. The minimum atomic E-state index is -0.885. The molecule has 164 valence electrons. The van der Waals surface area contributed by atoms with Gasteiger partial charge in [0.25, 0.3) is 0 Å². The maximum Gasteiger partial charge on any atom is 0.166 e. The smallest absolute Gasteiger partial charge is 0.166 e. The Morgan fingerprint density at radius 2 is 2.06 bits per heavy atom. The van der Waals surface area contributed by atoms with Gasteiger partial charge in [-0.25, -0.2) is 13.8 Å². The van der Waals surface area contributed by atoms with Crippen LogP contribution in [0.25, 0.3) is 11.1 Å². The number of nitrogen functional groups attached to an aromatic ring is 1. The molecule has 1 saturated heterocycles. The number of halogens is 4. The molecule has 31 heavy (non-hydrogen) atoms. The summed E-state index contributed by atoms with van der Waals surface area (Å²) in [4.78, 5) is 4.20. The average molecular weight is 468 g/mol. The summed E-state index contributed by atoms with van der Waals surface area (Å²) in [5.41, 5.74) is 8.00. The Bertz CT molecular complexity index is 1080. The van der Waals surface area contributed by atoms with Crippen molar-refractivity contribution in [1.29, 1.82) is 0 Å². The summed E-state index contributed by atoms with van der Waals surface area (Å²) in [6.45, 7) is 1.23. The van der Waals surface area contributed by atoms with Crippen molar-refractivity contribution in [2.75, 3.05) is 25.4 Å². The fourth-order valence-corrected chi connectivity index (χ4v) is 4.11. The number of nitrogens with one attached hydrogen (secondary N) is 1. The van der Waals surface area contributed by atoms with E-state index in [2.05, 4.69) is 15.4 Å². The number of benzene rings is 1. The van der Waals surface area contributed by atoms with Crippen molar-refractivity contribution >= 4 is 29.0 Å². The molecule has 6 nitrogen and oxygen atoms in total. The number of alkyl halides is 1. The van der Waals surface area contributed by atoms with Crippen LogP contribution in [0.15, 0.2) is 36.8 Å². The number of hydrogen-bond acceptors (Lipinski definition) is 5. The van der Waals surface area contributed by atoms with E-state index >= 15 is 0 Å². The number of hydrogen-bond donors (Lipinski definition) is 2. The predicted octanol–water partition coefficient (Wildman–Crippen LogP) is 4.47. The van der Waals surface area contributed by atoms with Crippen LogP contribution in [-0.2, 0) is 6.42 Å². The van der Waals surface area contributed by atoms with Gasteiger partial charge in [0.2, 0.25) is 0 Å². The number of anilines is 1. The SMILES string of the molecule is Nc1ncc(-c2cnn(C3CNC[C@H](F)C3)c2)cc1OCCc1c(Cl)ccc(F)c1Cl. The highest BCUT2D eigenvalue weighted by molar-refractivity contribution is 6.36. The minimum absolute atomic E-state index is 0.0175.